The van der Waals surface area contributed by atoms with Crippen molar-refractivity contribution in [2.75, 3.05) is 38.6 Å². The number of nitrogens with one attached hydrogen (secondary N) is 1. The number of likely N-dealkylation sites (N-methyl/N-ethyl adjacent to an activating group) is 1. The van der Waals surface area contributed by atoms with Gasteiger partial charge in [0.25, 0.3) is 0 Å². The number of hydrogen-bond donors (Lipinski definition) is 1. The van der Waals surface area contributed by atoms with Crippen LogP contribution in [0.15, 0.2) is 6.07 Å². The van der Waals surface area contributed by atoms with Crippen molar-refractivity contribution in [2.24, 2.45) is 0 Å². The highest BCUT2D eigenvalue weighted by molar-refractivity contribution is 6.29. The van der Waals surface area contributed by atoms with E-state index in [1.165, 1.54) is 0 Å². The first-order valence-corrected chi connectivity index (χ1v) is 6.56. The second kappa shape index (κ2) is 8.24. The molecule has 0 fully saturated rings. The van der Waals surface area contributed by atoms with Gasteiger partial charge in [0.05, 0.1) is 0 Å². The Morgan fingerprint density at radius 3 is 2.67 bits per heavy atom. The third-order valence-corrected chi connectivity index (χ3v) is 2.84. The van der Waals surface area contributed by atoms with Crippen LogP contribution >= 0.6 is 11.6 Å². The fourth-order valence-corrected chi connectivity index (χ4v) is 1.83. The van der Waals surface area contributed by atoms with E-state index in [1.54, 1.807) is 13.2 Å². The summed E-state index contributed by atoms with van der Waals surface area (Å²) in [7, 11) is 1.61. The number of methoxy groups -OCH3 is 1. The summed E-state index contributed by atoms with van der Waals surface area (Å²) in [6.07, 6.45) is 0. The Balaban J connectivity index is 2.51. The smallest absolute Gasteiger partial charge is 0.158 e. The highest BCUT2D eigenvalue weighted by atomic mass is 35.5. The Morgan fingerprint density at radius 2 is 2.06 bits per heavy atom. The van der Waals surface area contributed by atoms with E-state index in [1.807, 2.05) is 0 Å². The molecule has 1 N–H and O–H groups in total. The molecule has 1 aromatic heterocycles. The molecule has 1 aromatic rings. The van der Waals surface area contributed by atoms with Crippen molar-refractivity contribution in [2.45, 2.75) is 20.5 Å². The number of halogens is 1. The lowest BCUT2D eigenvalue weighted by molar-refractivity contribution is 0.178. The molecule has 0 saturated carbocycles. The van der Waals surface area contributed by atoms with E-state index in [0.29, 0.717) is 17.6 Å². The molecule has 0 unspecified atom stereocenters. The van der Waals surface area contributed by atoms with Crippen molar-refractivity contribution in [3.05, 3.63) is 17.0 Å². The fraction of sp³-hybridized carbons (Fsp3) is 0.667. The molecule has 0 spiro atoms. The van der Waals surface area contributed by atoms with Crippen molar-refractivity contribution < 1.29 is 4.74 Å². The molecule has 0 atom stereocenters. The number of nitrogens with zero attached hydrogens (tertiary/aromatic N) is 3. The third kappa shape index (κ3) is 5.16. The summed E-state index contributed by atoms with van der Waals surface area (Å²) in [6.45, 7) is 8.60. The molecule has 0 amide bonds. The molecule has 1 rings (SSSR count). The zero-order chi connectivity index (χ0) is 13.4. The van der Waals surface area contributed by atoms with Crippen LogP contribution in [0, 0.1) is 0 Å². The second-order valence-corrected chi connectivity index (χ2v) is 4.27. The quantitative estimate of drug-likeness (QED) is 0.734. The maximum absolute atomic E-state index is 5.92. The molecule has 102 valence electrons. The largest absolute Gasteiger partial charge is 0.377 e. The van der Waals surface area contributed by atoms with E-state index in [9.17, 15) is 0 Å². The van der Waals surface area contributed by atoms with Crippen molar-refractivity contribution in [1.82, 2.24) is 14.9 Å². The van der Waals surface area contributed by atoms with Crippen LogP contribution in [0.25, 0.3) is 0 Å². The van der Waals surface area contributed by atoms with Crippen molar-refractivity contribution >= 4 is 17.4 Å². The van der Waals surface area contributed by atoms with E-state index in [2.05, 4.69) is 34.0 Å². The summed E-state index contributed by atoms with van der Waals surface area (Å²) in [5.74, 6) is 1.34. The second-order valence-electron chi connectivity index (χ2n) is 3.88. The number of hydrogen-bond acceptors (Lipinski definition) is 5. The van der Waals surface area contributed by atoms with Crippen LogP contribution in [-0.4, -0.2) is 48.2 Å². The van der Waals surface area contributed by atoms with Crippen LogP contribution in [0.1, 0.15) is 19.7 Å². The predicted octanol–water partition coefficient (Wildman–Crippen LogP) is 2.03. The van der Waals surface area contributed by atoms with Crippen molar-refractivity contribution in [1.29, 1.82) is 0 Å². The van der Waals surface area contributed by atoms with Crippen molar-refractivity contribution in [3.63, 3.8) is 0 Å². The first-order chi connectivity index (χ1) is 8.69. The van der Waals surface area contributed by atoms with Crippen LogP contribution in [0.3, 0.4) is 0 Å². The first kappa shape index (κ1) is 15.1. The summed E-state index contributed by atoms with van der Waals surface area (Å²) in [5.41, 5.74) is 0. The minimum atomic E-state index is 0.366. The summed E-state index contributed by atoms with van der Waals surface area (Å²) in [5, 5.41) is 3.68. The first-order valence-electron chi connectivity index (χ1n) is 6.18. The van der Waals surface area contributed by atoms with Crippen LogP contribution in [0.4, 0.5) is 5.82 Å². The maximum Gasteiger partial charge on any atom is 0.158 e. The fourth-order valence-electron chi connectivity index (χ4n) is 1.63. The lowest BCUT2D eigenvalue weighted by atomic mass is 10.4. The number of anilines is 1. The minimum absolute atomic E-state index is 0.366. The van der Waals surface area contributed by atoms with Gasteiger partial charge in [0.15, 0.2) is 5.82 Å². The Morgan fingerprint density at radius 1 is 1.33 bits per heavy atom. The van der Waals surface area contributed by atoms with Gasteiger partial charge in [0.1, 0.15) is 17.6 Å². The summed E-state index contributed by atoms with van der Waals surface area (Å²) in [6, 6.07) is 1.73. The molecule has 0 aliphatic carbocycles. The average molecular weight is 273 g/mol. The van der Waals surface area contributed by atoms with Gasteiger partial charge in [-0.2, -0.15) is 0 Å². The maximum atomic E-state index is 5.92. The van der Waals surface area contributed by atoms with Gasteiger partial charge in [-0.05, 0) is 13.1 Å². The van der Waals surface area contributed by atoms with E-state index in [4.69, 9.17) is 16.3 Å². The van der Waals surface area contributed by atoms with Gasteiger partial charge in [-0.15, -0.1) is 0 Å². The molecule has 0 radical (unpaired) electrons. The molecular weight excluding hydrogens is 252 g/mol. The van der Waals surface area contributed by atoms with Crippen molar-refractivity contribution in [3.8, 4) is 0 Å². The van der Waals surface area contributed by atoms with Crippen LogP contribution in [-0.2, 0) is 11.3 Å². The van der Waals surface area contributed by atoms with Gasteiger partial charge in [-0.3, -0.25) is 0 Å². The average Bonchev–Trinajstić information content (AvgIpc) is 2.34. The molecule has 0 aromatic carbocycles. The lowest BCUT2D eigenvalue weighted by Gasteiger charge is -2.18. The van der Waals surface area contributed by atoms with Gasteiger partial charge in [-0.1, -0.05) is 25.4 Å². The zero-order valence-corrected chi connectivity index (χ0v) is 12.0. The molecule has 18 heavy (non-hydrogen) atoms. The molecule has 0 bridgehead atoms. The zero-order valence-electron chi connectivity index (χ0n) is 11.2. The van der Waals surface area contributed by atoms with Gasteiger partial charge >= 0.3 is 0 Å². The monoisotopic (exact) mass is 272 g/mol. The van der Waals surface area contributed by atoms with Crippen LogP contribution in [0.5, 0.6) is 0 Å². The van der Waals surface area contributed by atoms with E-state index in [-0.39, 0.29) is 0 Å². The van der Waals surface area contributed by atoms with E-state index in [0.717, 1.165) is 32.0 Å². The standard InChI is InChI=1S/C12H21ClN4O/c1-4-17(5-2)7-6-14-11-8-10(13)15-12(16-11)9-18-3/h8H,4-7,9H2,1-3H3,(H,14,15,16). The summed E-state index contributed by atoms with van der Waals surface area (Å²) >= 11 is 5.92. The summed E-state index contributed by atoms with van der Waals surface area (Å²) in [4.78, 5) is 10.7. The molecule has 6 heteroatoms. The molecule has 0 saturated heterocycles. The van der Waals surface area contributed by atoms with Crippen LogP contribution < -0.4 is 5.32 Å². The Labute approximate surface area is 114 Å². The van der Waals surface area contributed by atoms with Gasteiger partial charge < -0.3 is 15.0 Å². The molecule has 0 aliphatic heterocycles. The predicted molar refractivity (Wildman–Crippen MR) is 74.0 cm³/mol. The molecule has 0 aliphatic rings. The topological polar surface area (TPSA) is 50.3 Å². The normalized spacial score (nSPS) is 10.9. The number of ether oxygens (including phenoxy) is 1. The number of rotatable bonds is 8. The highest BCUT2D eigenvalue weighted by Crippen LogP contribution is 2.11. The Bertz CT molecular complexity index is 358. The van der Waals surface area contributed by atoms with Gasteiger partial charge in [0.2, 0.25) is 0 Å². The SMILES string of the molecule is CCN(CC)CCNc1cc(Cl)nc(COC)n1. The molecule has 5 nitrogen and oxygen atoms in total. The number of aromatic nitrogens is 2. The Kier molecular flexibility index (Phi) is 6.93. The third-order valence-electron chi connectivity index (χ3n) is 2.64. The summed E-state index contributed by atoms with van der Waals surface area (Å²) < 4.78 is 5.00. The van der Waals surface area contributed by atoms with Crippen LogP contribution in [0.2, 0.25) is 5.15 Å². The highest BCUT2D eigenvalue weighted by Gasteiger charge is 2.03. The van der Waals surface area contributed by atoms with E-state index >= 15 is 0 Å². The molecular formula is C12H21ClN4O. The van der Waals surface area contributed by atoms with E-state index < -0.39 is 0 Å². The lowest BCUT2D eigenvalue weighted by Crippen LogP contribution is -2.28. The minimum Gasteiger partial charge on any atom is -0.377 e. The Hall–Kier alpha value is -0.910. The van der Waals surface area contributed by atoms with Gasteiger partial charge in [-0.25, -0.2) is 9.97 Å². The molecule has 1 heterocycles. The van der Waals surface area contributed by atoms with Gasteiger partial charge in [0, 0.05) is 26.3 Å².